The Bertz CT molecular complexity index is 1790. The molecular formula is C31H24Cl2N2O4S. The summed E-state index contributed by atoms with van der Waals surface area (Å²) in [5, 5.41) is 1.04. The second kappa shape index (κ2) is 12.1. The van der Waals surface area contributed by atoms with Gasteiger partial charge in [-0.05, 0) is 48.9 Å². The summed E-state index contributed by atoms with van der Waals surface area (Å²) in [6.07, 6.45) is 3.36. The van der Waals surface area contributed by atoms with Gasteiger partial charge in [-0.15, -0.1) is 0 Å². The van der Waals surface area contributed by atoms with Crippen LogP contribution in [0.1, 0.15) is 29.7 Å². The van der Waals surface area contributed by atoms with Crippen LogP contribution in [0.2, 0.25) is 10.0 Å². The van der Waals surface area contributed by atoms with Gasteiger partial charge in [-0.2, -0.15) is 0 Å². The van der Waals surface area contributed by atoms with Crippen molar-refractivity contribution < 1.29 is 14.3 Å². The van der Waals surface area contributed by atoms with E-state index < -0.39 is 12.0 Å². The van der Waals surface area contributed by atoms with Crippen molar-refractivity contribution in [3.63, 3.8) is 0 Å². The molecule has 0 saturated carbocycles. The van der Waals surface area contributed by atoms with Gasteiger partial charge >= 0.3 is 5.97 Å². The van der Waals surface area contributed by atoms with Crippen LogP contribution in [-0.2, 0) is 9.53 Å². The van der Waals surface area contributed by atoms with Crippen LogP contribution in [0.3, 0.4) is 0 Å². The first kappa shape index (κ1) is 27.6. The molecule has 202 valence electrons. The number of hydrogen-bond acceptors (Lipinski definition) is 6. The molecule has 0 unspecified atom stereocenters. The third kappa shape index (κ3) is 5.54. The van der Waals surface area contributed by atoms with Crippen LogP contribution < -0.4 is 19.6 Å². The molecule has 6 nitrogen and oxygen atoms in total. The fourth-order valence-electron chi connectivity index (χ4n) is 4.45. The molecule has 0 saturated heterocycles. The number of halogens is 2. The Balaban J connectivity index is 1.81. The zero-order valence-electron chi connectivity index (χ0n) is 21.5. The predicted octanol–water partition coefficient (Wildman–Crippen LogP) is 5.81. The van der Waals surface area contributed by atoms with Crippen LogP contribution in [0.15, 0.2) is 101 Å². The Labute approximate surface area is 244 Å². The molecule has 9 heteroatoms. The smallest absolute Gasteiger partial charge is 0.338 e. The number of carbonyl (C=O) groups is 1. The van der Waals surface area contributed by atoms with E-state index in [1.165, 1.54) is 15.9 Å². The van der Waals surface area contributed by atoms with Crippen molar-refractivity contribution in [2.75, 3.05) is 13.2 Å². The van der Waals surface area contributed by atoms with Gasteiger partial charge in [-0.25, -0.2) is 9.79 Å². The number of aromatic nitrogens is 1. The maximum Gasteiger partial charge on any atom is 0.338 e. The SMILES string of the molecule is C=CCOc1ccc(Cl)cc1/C=c1\sc2n(c1=O)[C@H](c1ccc(Cl)cc1)C(C(=O)OCC)=C(c1ccccc1)N=2. The zero-order valence-corrected chi connectivity index (χ0v) is 23.8. The summed E-state index contributed by atoms with van der Waals surface area (Å²) in [5.41, 5.74) is 2.47. The van der Waals surface area contributed by atoms with E-state index in [1.54, 1.807) is 61.5 Å². The van der Waals surface area contributed by atoms with Gasteiger partial charge in [0.1, 0.15) is 12.4 Å². The topological polar surface area (TPSA) is 69.9 Å². The van der Waals surface area contributed by atoms with Crippen LogP contribution in [0, 0.1) is 0 Å². The van der Waals surface area contributed by atoms with Crippen molar-refractivity contribution in [2.24, 2.45) is 4.99 Å². The molecular weight excluding hydrogens is 567 g/mol. The summed E-state index contributed by atoms with van der Waals surface area (Å²) in [7, 11) is 0. The van der Waals surface area contributed by atoms with Crippen LogP contribution in [0.5, 0.6) is 5.75 Å². The van der Waals surface area contributed by atoms with Gasteiger partial charge in [-0.1, -0.05) is 89.7 Å². The second-order valence-electron chi connectivity index (χ2n) is 8.76. The molecule has 1 atom stereocenters. The minimum absolute atomic E-state index is 0.171. The van der Waals surface area contributed by atoms with E-state index in [1.807, 2.05) is 30.3 Å². The van der Waals surface area contributed by atoms with Gasteiger partial charge in [-0.3, -0.25) is 9.36 Å². The maximum atomic E-state index is 14.0. The van der Waals surface area contributed by atoms with Gasteiger partial charge in [0.25, 0.3) is 5.56 Å². The molecule has 0 fully saturated rings. The van der Waals surface area contributed by atoms with Gasteiger partial charge in [0.15, 0.2) is 4.80 Å². The molecule has 1 aliphatic heterocycles. The van der Waals surface area contributed by atoms with Gasteiger partial charge in [0, 0.05) is 21.2 Å². The lowest BCUT2D eigenvalue weighted by Gasteiger charge is -2.25. The molecule has 0 radical (unpaired) electrons. The standard InChI is InChI=1S/C31H24Cl2N2O4S/c1-3-16-39-24-15-14-23(33)17-21(24)18-25-29(36)35-28(20-10-12-22(32)13-11-20)26(30(37)38-4-2)27(34-31(35)40-25)19-8-6-5-7-9-19/h3,5-15,17-18,28H,1,4,16H2,2H3/b25-18-/t28-/m1/s1. The summed E-state index contributed by atoms with van der Waals surface area (Å²) in [6.45, 7) is 5.91. The average molecular weight is 592 g/mol. The van der Waals surface area contributed by atoms with E-state index in [-0.39, 0.29) is 17.7 Å². The van der Waals surface area contributed by atoms with Crippen molar-refractivity contribution in [3.8, 4) is 5.75 Å². The van der Waals surface area contributed by atoms with Crippen molar-refractivity contribution in [1.82, 2.24) is 4.57 Å². The Morgan fingerprint density at radius 3 is 2.50 bits per heavy atom. The lowest BCUT2D eigenvalue weighted by Crippen LogP contribution is -2.40. The van der Waals surface area contributed by atoms with Gasteiger partial charge < -0.3 is 9.47 Å². The lowest BCUT2D eigenvalue weighted by molar-refractivity contribution is -0.138. The van der Waals surface area contributed by atoms with E-state index in [2.05, 4.69) is 6.58 Å². The Morgan fingerprint density at radius 1 is 1.07 bits per heavy atom. The molecule has 0 amide bonds. The van der Waals surface area contributed by atoms with Gasteiger partial charge in [0.2, 0.25) is 0 Å². The number of thiazole rings is 1. The van der Waals surface area contributed by atoms with Gasteiger partial charge in [0.05, 0.1) is 28.5 Å². The summed E-state index contributed by atoms with van der Waals surface area (Å²) >= 11 is 13.7. The summed E-state index contributed by atoms with van der Waals surface area (Å²) in [4.78, 5) is 32.8. The highest BCUT2D eigenvalue weighted by Gasteiger charge is 2.35. The highest BCUT2D eigenvalue weighted by atomic mass is 35.5. The molecule has 2 heterocycles. The molecule has 0 N–H and O–H groups in total. The second-order valence-corrected chi connectivity index (χ2v) is 10.6. The number of fused-ring (bicyclic) bond motifs is 1. The molecule has 4 aromatic rings. The summed E-state index contributed by atoms with van der Waals surface area (Å²) in [6, 6.07) is 20.9. The monoisotopic (exact) mass is 590 g/mol. The number of rotatable bonds is 8. The lowest BCUT2D eigenvalue weighted by atomic mass is 9.93. The highest BCUT2D eigenvalue weighted by molar-refractivity contribution is 7.07. The van der Waals surface area contributed by atoms with E-state index in [4.69, 9.17) is 37.7 Å². The largest absolute Gasteiger partial charge is 0.489 e. The van der Waals surface area contributed by atoms with Crippen molar-refractivity contribution in [2.45, 2.75) is 13.0 Å². The first-order valence-electron chi connectivity index (χ1n) is 12.5. The number of benzene rings is 3. The maximum absolute atomic E-state index is 14.0. The number of hydrogen-bond donors (Lipinski definition) is 0. The molecule has 5 rings (SSSR count). The molecule has 1 aliphatic rings. The van der Waals surface area contributed by atoms with Crippen LogP contribution in [0.25, 0.3) is 11.8 Å². The quantitative estimate of drug-likeness (QED) is 0.192. The fourth-order valence-corrected chi connectivity index (χ4v) is 5.75. The van der Waals surface area contributed by atoms with Crippen LogP contribution in [0.4, 0.5) is 0 Å². The number of carbonyl (C=O) groups excluding carboxylic acids is 1. The van der Waals surface area contributed by atoms with Crippen molar-refractivity contribution in [3.05, 3.63) is 137 Å². The normalized spacial score (nSPS) is 14.9. The van der Waals surface area contributed by atoms with Crippen molar-refractivity contribution in [1.29, 1.82) is 0 Å². The molecule has 40 heavy (non-hydrogen) atoms. The third-order valence-electron chi connectivity index (χ3n) is 6.17. The molecule has 0 bridgehead atoms. The number of esters is 1. The highest BCUT2D eigenvalue weighted by Crippen LogP contribution is 2.35. The summed E-state index contributed by atoms with van der Waals surface area (Å²) in [5.74, 6) is 0.0101. The number of nitrogens with zero attached hydrogens (tertiary/aromatic N) is 2. The molecule has 0 aliphatic carbocycles. The Morgan fingerprint density at radius 2 is 1.80 bits per heavy atom. The average Bonchev–Trinajstić information content (AvgIpc) is 3.27. The van der Waals surface area contributed by atoms with E-state index >= 15 is 0 Å². The van der Waals surface area contributed by atoms with Crippen LogP contribution >= 0.6 is 34.5 Å². The Hall–Kier alpha value is -3.91. The minimum Gasteiger partial charge on any atom is -0.489 e. The van der Waals surface area contributed by atoms with Crippen LogP contribution in [-0.4, -0.2) is 23.8 Å². The van der Waals surface area contributed by atoms with E-state index in [9.17, 15) is 9.59 Å². The summed E-state index contributed by atoms with van der Waals surface area (Å²) < 4.78 is 13.2. The Kier molecular flexibility index (Phi) is 8.35. The molecule has 1 aromatic heterocycles. The predicted molar refractivity (Wildman–Crippen MR) is 160 cm³/mol. The van der Waals surface area contributed by atoms with Crippen molar-refractivity contribution >= 4 is 52.3 Å². The minimum atomic E-state index is -0.791. The fraction of sp³-hybridized carbons (Fsp3) is 0.129. The first-order chi connectivity index (χ1) is 19.4. The number of ether oxygens (including phenoxy) is 2. The third-order valence-corrected chi connectivity index (χ3v) is 7.64. The zero-order chi connectivity index (χ0) is 28.2. The molecule has 3 aromatic carbocycles. The molecule has 0 spiro atoms. The van der Waals surface area contributed by atoms with E-state index in [0.29, 0.717) is 48.6 Å². The van der Waals surface area contributed by atoms with E-state index in [0.717, 1.165) is 5.56 Å². The first-order valence-corrected chi connectivity index (χ1v) is 14.1.